The number of rotatable bonds is 4. The smallest absolute Gasteiger partial charge is 0.343 e. The van der Waals surface area contributed by atoms with Gasteiger partial charge in [0.15, 0.2) is 0 Å². The van der Waals surface area contributed by atoms with Crippen molar-refractivity contribution in [3.05, 3.63) is 45.3 Å². The standard InChI is InChI=1S/C15H14Cl2FNO4/c1-22-15(21)10(8-19-2-4-23-5-3-19)14(20)9-6-13(18)12(17)7-11(9)16/h6-8H,2-5H2,1H3/b10-8+. The van der Waals surface area contributed by atoms with Crippen molar-refractivity contribution in [3.63, 3.8) is 0 Å². The molecule has 0 unspecified atom stereocenters. The monoisotopic (exact) mass is 361 g/mol. The maximum absolute atomic E-state index is 13.6. The van der Waals surface area contributed by atoms with Crippen LogP contribution in [0.15, 0.2) is 23.9 Å². The van der Waals surface area contributed by atoms with Gasteiger partial charge in [-0.05, 0) is 12.1 Å². The minimum atomic E-state index is -0.826. The number of esters is 1. The molecule has 0 atom stereocenters. The summed E-state index contributed by atoms with van der Waals surface area (Å²) in [4.78, 5) is 26.3. The van der Waals surface area contributed by atoms with Gasteiger partial charge in [0, 0.05) is 24.9 Å². The van der Waals surface area contributed by atoms with Crippen LogP contribution in [0.5, 0.6) is 0 Å². The first kappa shape index (κ1) is 17.7. The minimum Gasteiger partial charge on any atom is -0.465 e. The predicted molar refractivity (Wildman–Crippen MR) is 83.2 cm³/mol. The van der Waals surface area contributed by atoms with Crippen molar-refractivity contribution in [1.29, 1.82) is 0 Å². The van der Waals surface area contributed by atoms with Gasteiger partial charge in [-0.3, -0.25) is 4.79 Å². The second-order valence-electron chi connectivity index (χ2n) is 4.76. The van der Waals surface area contributed by atoms with Gasteiger partial charge < -0.3 is 14.4 Å². The summed E-state index contributed by atoms with van der Waals surface area (Å²) in [6.07, 6.45) is 1.39. The molecule has 1 heterocycles. The van der Waals surface area contributed by atoms with Crippen LogP contribution < -0.4 is 0 Å². The Balaban J connectivity index is 2.39. The summed E-state index contributed by atoms with van der Waals surface area (Å²) in [5.74, 6) is -2.35. The fourth-order valence-corrected chi connectivity index (χ4v) is 2.51. The number of ketones is 1. The number of carbonyl (C=O) groups is 2. The zero-order valence-electron chi connectivity index (χ0n) is 12.3. The third-order valence-corrected chi connectivity index (χ3v) is 3.86. The number of methoxy groups -OCH3 is 1. The topological polar surface area (TPSA) is 55.8 Å². The van der Waals surface area contributed by atoms with Crippen molar-refractivity contribution in [2.75, 3.05) is 33.4 Å². The van der Waals surface area contributed by atoms with Crippen LogP contribution in [0, 0.1) is 5.82 Å². The lowest BCUT2D eigenvalue weighted by atomic mass is 10.0. The van der Waals surface area contributed by atoms with E-state index in [1.165, 1.54) is 6.20 Å². The van der Waals surface area contributed by atoms with Gasteiger partial charge >= 0.3 is 5.97 Å². The molecule has 1 aliphatic heterocycles. The average molecular weight is 362 g/mol. The van der Waals surface area contributed by atoms with Crippen molar-refractivity contribution in [2.24, 2.45) is 0 Å². The molecule has 0 radical (unpaired) electrons. The number of Topliss-reactive ketones (excluding diaryl/α,β-unsaturated/α-hetero) is 1. The third kappa shape index (κ3) is 4.22. The number of nitrogens with zero attached hydrogens (tertiary/aromatic N) is 1. The molecule has 0 bridgehead atoms. The Morgan fingerprint density at radius 1 is 1.26 bits per heavy atom. The van der Waals surface area contributed by atoms with E-state index in [1.54, 1.807) is 4.90 Å². The summed E-state index contributed by atoms with van der Waals surface area (Å²) in [6.45, 7) is 2.01. The summed E-state index contributed by atoms with van der Waals surface area (Å²) in [5.41, 5.74) is -0.392. The van der Waals surface area contributed by atoms with Crippen LogP contribution in [0.25, 0.3) is 0 Å². The maximum atomic E-state index is 13.6. The van der Waals surface area contributed by atoms with Crippen molar-refractivity contribution < 1.29 is 23.5 Å². The van der Waals surface area contributed by atoms with E-state index in [-0.39, 0.29) is 21.2 Å². The van der Waals surface area contributed by atoms with Gasteiger partial charge in [-0.2, -0.15) is 0 Å². The molecule has 1 aromatic carbocycles. The summed E-state index contributed by atoms with van der Waals surface area (Å²) < 4.78 is 23.5. The van der Waals surface area contributed by atoms with Crippen LogP contribution in [0.3, 0.4) is 0 Å². The lowest BCUT2D eigenvalue weighted by Gasteiger charge is -2.25. The number of halogens is 3. The zero-order valence-corrected chi connectivity index (χ0v) is 13.8. The second kappa shape index (κ2) is 7.77. The first-order valence-electron chi connectivity index (χ1n) is 6.75. The second-order valence-corrected chi connectivity index (χ2v) is 5.57. The SMILES string of the molecule is COC(=O)/C(=C/N1CCOCC1)C(=O)c1cc(F)c(Cl)cc1Cl. The van der Waals surface area contributed by atoms with Crippen LogP contribution in [-0.2, 0) is 14.3 Å². The normalized spacial score (nSPS) is 15.5. The highest BCUT2D eigenvalue weighted by Crippen LogP contribution is 2.26. The summed E-state index contributed by atoms with van der Waals surface area (Å²) in [5, 5.41) is -0.249. The Morgan fingerprint density at radius 3 is 2.52 bits per heavy atom. The fraction of sp³-hybridized carbons (Fsp3) is 0.333. The van der Waals surface area contributed by atoms with E-state index in [4.69, 9.17) is 27.9 Å². The van der Waals surface area contributed by atoms with Crippen LogP contribution >= 0.6 is 23.2 Å². The molecule has 1 fully saturated rings. The fourth-order valence-electron chi connectivity index (χ4n) is 2.04. The highest BCUT2D eigenvalue weighted by molar-refractivity contribution is 6.39. The van der Waals surface area contributed by atoms with Crippen molar-refractivity contribution in [1.82, 2.24) is 4.90 Å². The van der Waals surface area contributed by atoms with Crippen LogP contribution in [-0.4, -0.2) is 50.1 Å². The van der Waals surface area contributed by atoms with Gasteiger partial charge in [0.2, 0.25) is 5.78 Å². The summed E-state index contributed by atoms with van der Waals surface area (Å²) in [6, 6.07) is 2.03. The molecule has 0 N–H and O–H groups in total. The Kier molecular flexibility index (Phi) is 5.98. The molecule has 1 aromatic rings. The van der Waals surface area contributed by atoms with E-state index in [0.717, 1.165) is 19.2 Å². The number of hydrogen-bond donors (Lipinski definition) is 0. The number of benzene rings is 1. The van der Waals surface area contributed by atoms with E-state index in [1.807, 2.05) is 0 Å². The van der Waals surface area contributed by atoms with Gasteiger partial charge in [-0.25, -0.2) is 9.18 Å². The highest BCUT2D eigenvalue weighted by Gasteiger charge is 2.25. The average Bonchev–Trinajstić information content (AvgIpc) is 2.55. The molecule has 0 aliphatic carbocycles. The minimum absolute atomic E-state index is 0.0434. The number of hydrogen-bond acceptors (Lipinski definition) is 5. The van der Waals surface area contributed by atoms with Crippen molar-refractivity contribution in [3.8, 4) is 0 Å². The maximum Gasteiger partial charge on any atom is 0.343 e. The Morgan fingerprint density at radius 2 is 1.91 bits per heavy atom. The largest absolute Gasteiger partial charge is 0.465 e. The molecular weight excluding hydrogens is 348 g/mol. The Bertz CT molecular complexity index is 657. The number of ether oxygens (including phenoxy) is 2. The zero-order chi connectivity index (χ0) is 17.0. The molecule has 0 saturated carbocycles. The van der Waals surface area contributed by atoms with E-state index in [9.17, 15) is 14.0 Å². The highest BCUT2D eigenvalue weighted by atomic mass is 35.5. The Hall–Kier alpha value is -1.63. The molecule has 0 amide bonds. The molecule has 124 valence electrons. The molecule has 1 aliphatic rings. The lowest BCUT2D eigenvalue weighted by Crippen LogP contribution is -2.33. The quantitative estimate of drug-likeness (QED) is 0.206. The molecule has 5 nitrogen and oxygen atoms in total. The lowest BCUT2D eigenvalue weighted by molar-refractivity contribution is -0.135. The van der Waals surface area contributed by atoms with Crippen LogP contribution in [0.4, 0.5) is 4.39 Å². The van der Waals surface area contributed by atoms with E-state index >= 15 is 0 Å². The molecule has 0 spiro atoms. The van der Waals surface area contributed by atoms with Gasteiger partial charge in [-0.15, -0.1) is 0 Å². The third-order valence-electron chi connectivity index (χ3n) is 3.26. The van der Waals surface area contributed by atoms with E-state index < -0.39 is 17.6 Å². The van der Waals surface area contributed by atoms with Gasteiger partial charge in [-0.1, -0.05) is 23.2 Å². The van der Waals surface area contributed by atoms with Crippen LogP contribution in [0.1, 0.15) is 10.4 Å². The molecular formula is C15H14Cl2FNO4. The van der Waals surface area contributed by atoms with Crippen molar-refractivity contribution >= 4 is 35.0 Å². The Labute approximate surface area is 142 Å². The van der Waals surface area contributed by atoms with Gasteiger partial charge in [0.05, 0.1) is 30.4 Å². The summed E-state index contributed by atoms with van der Waals surface area (Å²) >= 11 is 11.6. The number of carbonyl (C=O) groups excluding carboxylic acids is 2. The first-order chi connectivity index (χ1) is 10.9. The van der Waals surface area contributed by atoms with Crippen molar-refractivity contribution in [2.45, 2.75) is 0 Å². The van der Waals surface area contributed by atoms with E-state index in [0.29, 0.717) is 26.3 Å². The van der Waals surface area contributed by atoms with Gasteiger partial charge in [0.25, 0.3) is 0 Å². The van der Waals surface area contributed by atoms with Gasteiger partial charge in [0.1, 0.15) is 11.4 Å². The molecule has 23 heavy (non-hydrogen) atoms. The molecule has 1 saturated heterocycles. The number of morpholine rings is 1. The summed E-state index contributed by atoms with van der Waals surface area (Å²) in [7, 11) is 1.16. The van der Waals surface area contributed by atoms with Crippen LogP contribution in [0.2, 0.25) is 10.0 Å². The molecule has 8 heteroatoms. The predicted octanol–water partition coefficient (Wildman–Crippen LogP) is 2.70. The molecule has 0 aromatic heterocycles. The first-order valence-corrected chi connectivity index (χ1v) is 7.50. The van der Waals surface area contributed by atoms with E-state index in [2.05, 4.69) is 4.74 Å². The molecule has 2 rings (SSSR count).